The molecule has 7 heteroatoms. The number of carbonyl (C=O) groups is 1. The summed E-state index contributed by atoms with van der Waals surface area (Å²) >= 11 is 6.30. The van der Waals surface area contributed by atoms with Gasteiger partial charge in [-0.2, -0.15) is 5.26 Å². The number of hydrogen-bond acceptors (Lipinski definition) is 5. The first kappa shape index (κ1) is 17.5. The first-order valence-electron chi connectivity index (χ1n) is 7.30. The number of rotatable bonds is 5. The number of thiazole rings is 1. The average Bonchev–Trinajstić information content (AvgIpc) is 3.26. The third kappa shape index (κ3) is 4.86. The molecule has 3 rings (SSSR count). The molecule has 2 heterocycles. The van der Waals surface area contributed by atoms with E-state index in [1.54, 1.807) is 12.3 Å². The Kier molecular flexibility index (Phi) is 5.76. The van der Waals surface area contributed by atoms with Gasteiger partial charge in [0.25, 0.3) is 5.91 Å². The number of benzene rings is 1. The zero-order chi connectivity index (χ0) is 17.6. The lowest BCUT2D eigenvalue weighted by Crippen LogP contribution is -2.13. The van der Waals surface area contributed by atoms with Crippen molar-refractivity contribution in [2.75, 3.05) is 5.32 Å². The van der Waals surface area contributed by atoms with E-state index in [1.165, 1.54) is 28.2 Å². The maximum absolute atomic E-state index is 12.2. The second-order valence-corrected chi connectivity index (χ2v) is 8.08. The average molecular weight is 430 g/mol. The molecule has 0 fully saturated rings. The van der Waals surface area contributed by atoms with E-state index in [9.17, 15) is 10.1 Å². The summed E-state index contributed by atoms with van der Waals surface area (Å²) in [6.45, 7) is 0. The van der Waals surface area contributed by atoms with Crippen molar-refractivity contribution in [1.29, 1.82) is 5.26 Å². The summed E-state index contributed by atoms with van der Waals surface area (Å²) in [6, 6.07) is 13.7. The minimum absolute atomic E-state index is 0.0621. The standard InChI is InChI=1S/C18H12BrN3OS2/c19-14-5-3-12(4-6-14)8-16-11-21-18(25-16)22-17(23)13(10-20)9-15-2-1-7-24-15/h1-7,9,11H,8H2,(H,21,22,23)/b13-9+. The van der Waals surface area contributed by atoms with Crippen LogP contribution in [-0.4, -0.2) is 10.9 Å². The lowest BCUT2D eigenvalue weighted by Gasteiger charge is -2.00. The second kappa shape index (κ2) is 8.21. The molecule has 2 aromatic heterocycles. The Morgan fingerprint density at radius 3 is 2.80 bits per heavy atom. The van der Waals surface area contributed by atoms with E-state index >= 15 is 0 Å². The van der Waals surface area contributed by atoms with Crippen LogP contribution in [0, 0.1) is 11.3 Å². The second-order valence-electron chi connectivity index (χ2n) is 5.07. The van der Waals surface area contributed by atoms with Gasteiger partial charge < -0.3 is 0 Å². The molecule has 1 amide bonds. The zero-order valence-corrected chi connectivity index (χ0v) is 16.1. The number of anilines is 1. The van der Waals surface area contributed by atoms with Gasteiger partial charge in [0.05, 0.1) is 0 Å². The summed E-state index contributed by atoms with van der Waals surface area (Å²) in [5, 5.41) is 14.3. The molecule has 1 N–H and O–H groups in total. The van der Waals surface area contributed by atoms with E-state index in [4.69, 9.17) is 0 Å². The summed E-state index contributed by atoms with van der Waals surface area (Å²) in [5.41, 5.74) is 1.23. The van der Waals surface area contributed by atoms with Crippen LogP contribution in [0.5, 0.6) is 0 Å². The highest BCUT2D eigenvalue weighted by molar-refractivity contribution is 9.10. The van der Waals surface area contributed by atoms with Crippen LogP contribution in [0.4, 0.5) is 5.13 Å². The third-order valence-electron chi connectivity index (χ3n) is 3.26. The summed E-state index contributed by atoms with van der Waals surface area (Å²) in [4.78, 5) is 18.4. The van der Waals surface area contributed by atoms with Gasteiger partial charge in [-0.3, -0.25) is 10.1 Å². The Hall–Kier alpha value is -2.27. The van der Waals surface area contributed by atoms with E-state index in [2.05, 4.69) is 26.2 Å². The maximum Gasteiger partial charge on any atom is 0.268 e. The monoisotopic (exact) mass is 429 g/mol. The minimum atomic E-state index is -0.444. The number of halogens is 1. The topological polar surface area (TPSA) is 65.8 Å². The maximum atomic E-state index is 12.2. The van der Waals surface area contributed by atoms with Gasteiger partial charge in [0.2, 0.25) is 0 Å². The smallest absolute Gasteiger partial charge is 0.268 e. The van der Waals surface area contributed by atoms with Crippen LogP contribution in [0.1, 0.15) is 15.3 Å². The van der Waals surface area contributed by atoms with Crippen LogP contribution >= 0.6 is 38.6 Å². The molecule has 0 bridgehead atoms. The molecule has 0 saturated carbocycles. The number of nitrogens with zero attached hydrogens (tertiary/aromatic N) is 2. The SMILES string of the molecule is N#C/C(=C\c1cccs1)C(=O)Nc1ncc(Cc2ccc(Br)cc2)s1. The van der Waals surface area contributed by atoms with Crippen LogP contribution in [0.25, 0.3) is 6.08 Å². The molecule has 124 valence electrons. The number of nitriles is 1. The molecule has 0 atom stereocenters. The van der Waals surface area contributed by atoms with Crippen molar-refractivity contribution >= 4 is 55.7 Å². The van der Waals surface area contributed by atoms with Gasteiger partial charge in [-0.15, -0.1) is 22.7 Å². The van der Waals surface area contributed by atoms with Crippen molar-refractivity contribution in [3.05, 3.63) is 73.3 Å². The normalized spacial score (nSPS) is 11.1. The van der Waals surface area contributed by atoms with Crippen LogP contribution in [0.15, 0.2) is 58.0 Å². The molecular formula is C18H12BrN3OS2. The highest BCUT2D eigenvalue weighted by Gasteiger charge is 2.12. The zero-order valence-electron chi connectivity index (χ0n) is 12.9. The molecule has 0 aliphatic rings. The van der Waals surface area contributed by atoms with Gasteiger partial charge in [0, 0.05) is 26.8 Å². The van der Waals surface area contributed by atoms with E-state index in [1.807, 2.05) is 47.8 Å². The fraction of sp³-hybridized carbons (Fsp3) is 0.0556. The van der Waals surface area contributed by atoms with Gasteiger partial charge in [0.1, 0.15) is 11.6 Å². The lowest BCUT2D eigenvalue weighted by molar-refractivity contribution is -0.112. The quantitative estimate of drug-likeness (QED) is 0.452. The number of hydrogen-bond donors (Lipinski definition) is 1. The van der Waals surface area contributed by atoms with Crippen LogP contribution in [0.2, 0.25) is 0 Å². The first-order valence-corrected chi connectivity index (χ1v) is 9.79. The van der Waals surface area contributed by atoms with E-state index in [0.29, 0.717) is 5.13 Å². The molecule has 0 aliphatic carbocycles. The third-order valence-corrected chi connectivity index (χ3v) is 5.52. The Balaban J connectivity index is 1.67. The van der Waals surface area contributed by atoms with Crippen molar-refractivity contribution in [3.8, 4) is 6.07 Å². The fourth-order valence-electron chi connectivity index (χ4n) is 2.08. The van der Waals surface area contributed by atoms with Crippen molar-refractivity contribution < 1.29 is 4.79 Å². The number of amides is 1. The minimum Gasteiger partial charge on any atom is -0.297 e. The number of aromatic nitrogens is 1. The predicted octanol–water partition coefficient (Wildman–Crippen LogP) is 5.10. The summed E-state index contributed by atoms with van der Waals surface area (Å²) in [5.74, 6) is -0.444. The molecule has 0 spiro atoms. The van der Waals surface area contributed by atoms with Gasteiger partial charge in [-0.05, 0) is 35.2 Å². The molecule has 4 nitrogen and oxygen atoms in total. The Morgan fingerprint density at radius 1 is 1.32 bits per heavy atom. The molecule has 25 heavy (non-hydrogen) atoms. The number of thiophene rings is 1. The highest BCUT2D eigenvalue weighted by atomic mass is 79.9. The molecule has 0 unspecified atom stereocenters. The summed E-state index contributed by atoms with van der Waals surface area (Å²) < 4.78 is 1.04. The predicted molar refractivity (Wildman–Crippen MR) is 106 cm³/mol. The molecule has 3 aromatic rings. The van der Waals surface area contributed by atoms with Crippen molar-refractivity contribution in [2.45, 2.75) is 6.42 Å². The number of nitrogens with one attached hydrogen (secondary N) is 1. The summed E-state index contributed by atoms with van der Waals surface area (Å²) in [6.07, 6.45) is 4.07. The van der Waals surface area contributed by atoms with Gasteiger partial charge in [-0.25, -0.2) is 4.98 Å². The van der Waals surface area contributed by atoms with Gasteiger partial charge in [-0.1, -0.05) is 34.1 Å². The highest BCUT2D eigenvalue weighted by Crippen LogP contribution is 2.23. The van der Waals surface area contributed by atoms with Crippen LogP contribution < -0.4 is 5.32 Å². The Bertz CT molecular complexity index is 938. The molecule has 0 saturated heterocycles. The molecule has 0 radical (unpaired) electrons. The Morgan fingerprint density at radius 2 is 2.12 bits per heavy atom. The van der Waals surface area contributed by atoms with Gasteiger partial charge in [0.15, 0.2) is 5.13 Å². The van der Waals surface area contributed by atoms with E-state index in [0.717, 1.165) is 20.6 Å². The largest absolute Gasteiger partial charge is 0.297 e. The summed E-state index contributed by atoms with van der Waals surface area (Å²) in [7, 11) is 0. The fourth-order valence-corrected chi connectivity index (χ4v) is 3.84. The van der Waals surface area contributed by atoms with Crippen molar-refractivity contribution in [1.82, 2.24) is 4.98 Å². The van der Waals surface area contributed by atoms with Crippen LogP contribution in [-0.2, 0) is 11.2 Å². The Labute approximate surface area is 161 Å². The van der Waals surface area contributed by atoms with Crippen molar-refractivity contribution in [2.24, 2.45) is 0 Å². The lowest BCUT2D eigenvalue weighted by atomic mass is 10.1. The molecule has 1 aromatic carbocycles. The van der Waals surface area contributed by atoms with Crippen molar-refractivity contribution in [3.63, 3.8) is 0 Å². The molecular weight excluding hydrogens is 418 g/mol. The first-order chi connectivity index (χ1) is 12.1. The van der Waals surface area contributed by atoms with Gasteiger partial charge >= 0.3 is 0 Å². The number of carbonyl (C=O) groups excluding carboxylic acids is 1. The van der Waals surface area contributed by atoms with Crippen LogP contribution in [0.3, 0.4) is 0 Å². The van der Waals surface area contributed by atoms with E-state index < -0.39 is 5.91 Å². The van der Waals surface area contributed by atoms with E-state index in [-0.39, 0.29) is 5.57 Å². The molecule has 0 aliphatic heterocycles.